The van der Waals surface area contributed by atoms with E-state index < -0.39 is 43.9 Å². The van der Waals surface area contributed by atoms with E-state index >= 15 is 4.39 Å². The summed E-state index contributed by atoms with van der Waals surface area (Å²) in [4.78, 5) is 30.3. The smallest absolute Gasteiger partial charge is 0.493 e. The first-order valence-corrected chi connectivity index (χ1v) is 16.1. The van der Waals surface area contributed by atoms with Crippen LogP contribution in [-0.4, -0.2) is 61.3 Å². The monoisotopic (exact) mass is 668 g/mol. The first kappa shape index (κ1) is 33.3. The maximum atomic E-state index is 15.2. The van der Waals surface area contributed by atoms with E-state index in [2.05, 4.69) is 23.6 Å². The van der Waals surface area contributed by atoms with Gasteiger partial charge in [-0.3, -0.25) is 9.69 Å². The molecule has 8 nitrogen and oxygen atoms in total. The summed E-state index contributed by atoms with van der Waals surface area (Å²) in [5.74, 6) is -5.88. The van der Waals surface area contributed by atoms with E-state index in [1.807, 2.05) is 12.1 Å². The average molecular weight is 670 g/mol. The van der Waals surface area contributed by atoms with Crippen LogP contribution in [0.3, 0.4) is 0 Å². The molecule has 1 saturated heterocycles. The highest BCUT2D eigenvalue weighted by atomic mass is 35.5. The summed E-state index contributed by atoms with van der Waals surface area (Å²) < 4.78 is 82.7. The molecule has 0 aromatic heterocycles. The predicted molar refractivity (Wildman–Crippen MR) is 151 cm³/mol. The standard InChI is InChI=1S/C28H30Cl2F4N2O6S/c1-15-4-5-17(13-35(15)16(2)19-8-20(29)10-21(30)9-19)14-41-25-12-24(31)23(11-22(25)18-6-7-18)26(37)36(43(3,39)40)42-27(38)28(32,33)34/h8-12,15-18H,4-7,13-14H2,1-3H3/t15-,16+,17-/m1/s1. The second kappa shape index (κ2) is 12.8. The molecule has 1 aliphatic carbocycles. The predicted octanol–water partition coefficient (Wildman–Crippen LogP) is 6.67. The van der Waals surface area contributed by atoms with Crippen LogP contribution in [-0.2, 0) is 19.7 Å². The lowest BCUT2D eigenvalue weighted by Gasteiger charge is -2.42. The fourth-order valence-electron chi connectivity index (χ4n) is 5.16. The summed E-state index contributed by atoms with van der Waals surface area (Å²) in [7, 11) is -4.86. The van der Waals surface area contributed by atoms with Crippen molar-refractivity contribution >= 4 is 45.1 Å². The minimum Gasteiger partial charge on any atom is -0.493 e. The number of carbonyl (C=O) groups is 2. The third-order valence-electron chi connectivity index (χ3n) is 7.58. The summed E-state index contributed by atoms with van der Waals surface area (Å²) in [6.07, 6.45) is -2.16. The first-order chi connectivity index (χ1) is 20.0. The molecular weight excluding hydrogens is 639 g/mol. The highest BCUT2D eigenvalue weighted by Crippen LogP contribution is 2.45. The molecule has 1 amide bonds. The molecule has 1 saturated carbocycles. The summed E-state index contributed by atoms with van der Waals surface area (Å²) in [6, 6.07) is 7.62. The Morgan fingerprint density at radius 1 is 1.07 bits per heavy atom. The van der Waals surface area contributed by atoms with Crippen LogP contribution in [0.2, 0.25) is 10.0 Å². The molecule has 3 atom stereocenters. The number of halogens is 6. The minimum absolute atomic E-state index is 0.00278. The summed E-state index contributed by atoms with van der Waals surface area (Å²) in [6.45, 7) is 5.07. The van der Waals surface area contributed by atoms with Crippen molar-refractivity contribution in [3.05, 3.63) is 62.9 Å². The molecule has 0 radical (unpaired) electrons. The molecule has 0 bridgehead atoms. The lowest BCUT2D eigenvalue weighted by Crippen LogP contribution is -2.44. The number of hydrogen-bond acceptors (Lipinski definition) is 7. The van der Waals surface area contributed by atoms with Gasteiger partial charge in [0.2, 0.25) is 0 Å². The Balaban J connectivity index is 1.52. The molecule has 2 fully saturated rings. The van der Waals surface area contributed by atoms with Gasteiger partial charge in [-0.05, 0) is 80.8 Å². The van der Waals surface area contributed by atoms with Crippen LogP contribution in [0.1, 0.15) is 73.0 Å². The Hall–Kier alpha value is -2.61. The van der Waals surface area contributed by atoms with Crippen molar-refractivity contribution < 1.29 is 45.1 Å². The van der Waals surface area contributed by atoms with Gasteiger partial charge >= 0.3 is 18.1 Å². The number of piperidine rings is 1. The van der Waals surface area contributed by atoms with Crippen LogP contribution in [0.25, 0.3) is 0 Å². The van der Waals surface area contributed by atoms with Crippen molar-refractivity contribution in [2.24, 2.45) is 5.92 Å². The number of ether oxygens (including phenoxy) is 1. The molecule has 236 valence electrons. The number of nitrogens with zero attached hydrogens (tertiary/aromatic N) is 2. The quantitative estimate of drug-likeness (QED) is 0.229. The van der Waals surface area contributed by atoms with Gasteiger partial charge in [-0.25, -0.2) is 17.6 Å². The second-order valence-electron chi connectivity index (χ2n) is 11.0. The van der Waals surface area contributed by atoms with Crippen LogP contribution < -0.4 is 4.74 Å². The molecule has 2 aromatic rings. The van der Waals surface area contributed by atoms with Crippen molar-refractivity contribution in [1.29, 1.82) is 0 Å². The Labute approximate surface area is 256 Å². The maximum Gasteiger partial charge on any atom is 0.493 e. The topological polar surface area (TPSA) is 93.2 Å². The van der Waals surface area contributed by atoms with Gasteiger partial charge in [0.15, 0.2) is 0 Å². The van der Waals surface area contributed by atoms with Crippen molar-refractivity contribution in [2.45, 2.75) is 63.7 Å². The average Bonchev–Trinajstić information content (AvgIpc) is 3.74. The number of sulfonamides is 1. The zero-order valence-electron chi connectivity index (χ0n) is 23.5. The Bertz CT molecular complexity index is 1480. The van der Waals surface area contributed by atoms with Crippen molar-refractivity contribution in [2.75, 3.05) is 19.4 Å². The summed E-state index contributed by atoms with van der Waals surface area (Å²) >= 11 is 12.4. The number of benzene rings is 2. The number of carbonyl (C=O) groups excluding carboxylic acids is 2. The summed E-state index contributed by atoms with van der Waals surface area (Å²) in [5.41, 5.74) is 0.498. The zero-order valence-corrected chi connectivity index (χ0v) is 25.8. The largest absolute Gasteiger partial charge is 0.493 e. The van der Waals surface area contributed by atoms with Crippen LogP contribution in [0.15, 0.2) is 30.3 Å². The third-order valence-corrected chi connectivity index (χ3v) is 8.86. The number of rotatable bonds is 8. The molecule has 15 heteroatoms. The highest BCUT2D eigenvalue weighted by molar-refractivity contribution is 7.88. The van der Waals surface area contributed by atoms with Gasteiger partial charge in [0.05, 0.1) is 18.4 Å². The van der Waals surface area contributed by atoms with Crippen LogP contribution in [0, 0.1) is 11.7 Å². The normalized spacial score (nSPS) is 20.4. The van der Waals surface area contributed by atoms with E-state index in [0.717, 1.165) is 30.5 Å². The van der Waals surface area contributed by atoms with Gasteiger partial charge in [0, 0.05) is 40.7 Å². The van der Waals surface area contributed by atoms with Gasteiger partial charge in [0.1, 0.15) is 11.6 Å². The van der Waals surface area contributed by atoms with Gasteiger partial charge in [-0.2, -0.15) is 13.2 Å². The van der Waals surface area contributed by atoms with Crippen molar-refractivity contribution in [1.82, 2.24) is 9.37 Å². The third kappa shape index (κ3) is 8.11. The highest BCUT2D eigenvalue weighted by Gasteiger charge is 2.46. The number of hydrogen-bond donors (Lipinski definition) is 0. The first-order valence-electron chi connectivity index (χ1n) is 13.5. The second-order valence-corrected chi connectivity index (χ2v) is 13.7. The van der Waals surface area contributed by atoms with E-state index in [-0.39, 0.29) is 36.3 Å². The SMILES string of the molecule is C[C@@H]1CC[C@@H](COc2cc(F)c(C(=O)N(OC(=O)C(F)(F)F)S(C)(=O)=O)cc2C2CC2)CN1[C@@H](C)c1cc(Cl)cc(Cl)c1. The molecule has 2 aliphatic rings. The van der Waals surface area contributed by atoms with E-state index in [0.29, 0.717) is 41.3 Å². The molecule has 1 aliphatic heterocycles. The Morgan fingerprint density at radius 2 is 1.70 bits per heavy atom. The Morgan fingerprint density at radius 3 is 2.26 bits per heavy atom. The van der Waals surface area contributed by atoms with Crippen LogP contribution in [0.5, 0.6) is 5.75 Å². The van der Waals surface area contributed by atoms with E-state index in [1.165, 1.54) is 0 Å². The van der Waals surface area contributed by atoms with Crippen molar-refractivity contribution in [3.8, 4) is 5.75 Å². The molecule has 0 spiro atoms. The zero-order chi connectivity index (χ0) is 31.9. The lowest BCUT2D eigenvalue weighted by molar-refractivity contribution is -0.216. The molecule has 43 heavy (non-hydrogen) atoms. The number of alkyl halides is 3. The van der Waals surface area contributed by atoms with Gasteiger partial charge < -0.3 is 9.57 Å². The van der Waals surface area contributed by atoms with E-state index in [1.54, 1.807) is 6.07 Å². The molecule has 4 rings (SSSR count). The number of amides is 1. The fraction of sp³-hybridized carbons (Fsp3) is 0.500. The van der Waals surface area contributed by atoms with Crippen LogP contribution >= 0.6 is 23.2 Å². The summed E-state index contributed by atoms with van der Waals surface area (Å²) in [5, 5.41) is 1.07. The van der Waals surface area contributed by atoms with E-state index in [9.17, 15) is 31.2 Å². The van der Waals surface area contributed by atoms with Gasteiger partial charge in [-0.1, -0.05) is 27.7 Å². The molecular formula is C28H30Cl2F4N2O6S. The van der Waals surface area contributed by atoms with Gasteiger partial charge in [0.25, 0.3) is 10.0 Å². The van der Waals surface area contributed by atoms with Crippen LogP contribution in [0.4, 0.5) is 17.6 Å². The lowest BCUT2D eigenvalue weighted by atomic mass is 9.91. The van der Waals surface area contributed by atoms with E-state index in [4.69, 9.17) is 27.9 Å². The van der Waals surface area contributed by atoms with Crippen molar-refractivity contribution in [3.63, 3.8) is 0 Å². The Kier molecular flexibility index (Phi) is 9.90. The molecule has 0 unspecified atom stereocenters. The number of likely N-dealkylation sites (tertiary alicyclic amines) is 1. The maximum absolute atomic E-state index is 15.2. The minimum atomic E-state index is -5.59. The molecule has 1 heterocycles. The number of hydroxylamine groups is 1. The van der Waals surface area contributed by atoms with Gasteiger partial charge in [-0.15, -0.1) is 0 Å². The molecule has 0 N–H and O–H groups in total. The molecule has 2 aromatic carbocycles. The fourth-order valence-corrected chi connectivity index (χ4v) is 6.31.